The number of nitriles is 1. The molecule has 1 heterocycles. The first-order chi connectivity index (χ1) is 9.43. The number of nitro groups is 1. The van der Waals surface area contributed by atoms with Gasteiger partial charge in [0.15, 0.2) is 9.84 Å². The van der Waals surface area contributed by atoms with Crippen molar-refractivity contribution in [2.45, 2.75) is 6.42 Å². The minimum absolute atomic E-state index is 0.0143. The Labute approximate surface area is 116 Å². The van der Waals surface area contributed by atoms with Crippen LogP contribution in [0.3, 0.4) is 0 Å². The van der Waals surface area contributed by atoms with Crippen LogP contribution in [0.25, 0.3) is 0 Å². The Kier molecular flexibility index (Phi) is 3.90. The fraction of sp³-hybridized carbons (Fsp3) is 0.417. The number of sulfone groups is 1. The summed E-state index contributed by atoms with van der Waals surface area (Å²) < 4.78 is 23.1. The average Bonchev–Trinajstić information content (AvgIpc) is 2.59. The molecule has 0 saturated carbocycles. The lowest BCUT2D eigenvalue weighted by atomic mass is 10.1. The lowest BCUT2D eigenvalue weighted by molar-refractivity contribution is -0.385. The van der Waals surface area contributed by atoms with Crippen molar-refractivity contribution >= 4 is 21.2 Å². The summed E-state index contributed by atoms with van der Waals surface area (Å²) in [5.74, 6) is 0.216. The summed E-state index contributed by atoms with van der Waals surface area (Å²) in [5.41, 5.74) is 0.391. The first-order valence-electron chi connectivity index (χ1n) is 6.07. The zero-order valence-corrected chi connectivity index (χ0v) is 11.5. The predicted molar refractivity (Wildman–Crippen MR) is 73.3 cm³/mol. The standard InChI is InChI=1S/C12H13N3O4S/c13-9-10-8-11(2-3-12(10)15(16)17)14-4-1-6-20(18,19)7-5-14/h2-3,8H,1,4-7H2. The van der Waals surface area contributed by atoms with Crippen molar-refractivity contribution in [3.8, 4) is 6.07 Å². The molecule has 0 bridgehead atoms. The van der Waals surface area contributed by atoms with Gasteiger partial charge in [-0.25, -0.2) is 8.42 Å². The molecule has 1 aliphatic heterocycles. The maximum Gasteiger partial charge on any atom is 0.287 e. The summed E-state index contributed by atoms with van der Waals surface area (Å²) >= 11 is 0. The third-order valence-electron chi connectivity index (χ3n) is 3.22. The van der Waals surface area contributed by atoms with Crippen LogP contribution in [-0.4, -0.2) is 37.9 Å². The Balaban J connectivity index is 2.30. The lowest BCUT2D eigenvalue weighted by Crippen LogP contribution is -2.26. The number of hydrogen-bond donors (Lipinski definition) is 0. The Hall–Kier alpha value is -2.14. The van der Waals surface area contributed by atoms with Gasteiger partial charge < -0.3 is 4.90 Å². The first kappa shape index (κ1) is 14.3. The molecule has 0 N–H and O–H groups in total. The predicted octanol–water partition coefficient (Wildman–Crippen LogP) is 1.09. The third kappa shape index (κ3) is 3.05. The summed E-state index contributed by atoms with van der Waals surface area (Å²) in [5, 5.41) is 19.7. The van der Waals surface area contributed by atoms with E-state index in [-0.39, 0.29) is 22.8 Å². The Morgan fingerprint density at radius 2 is 2.05 bits per heavy atom. The van der Waals surface area contributed by atoms with E-state index in [0.717, 1.165) is 0 Å². The van der Waals surface area contributed by atoms with Crippen molar-refractivity contribution < 1.29 is 13.3 Å². The Morgan fingerprint density at radius 3 is 2.70 bits per heavy atom. The SMILES string of the molecule is N#Cc1cc(N2CCCS(=O)(=O)CC2)ccc1[N+](=O)[O-]. The van der Waals surface area contributed by atoms with Gasteiger partial charge in [-0.05, 0) is 18.6 Å². The highest BCUT2D eigenvalue weighted by Crippen LogP contribution is 2.25. The highest BCUT2D eigenvalue weighted by atomic mass is 32.2. The van der Waals surface area contributed by atoms with Crippen molar-refractivity contribution in [1.82, 2.24) is 0 Å². The van der Waals surface area contributed by atoms with Crippen LogP contribution in [-0.2, 0) is 9.84 Å². The normalized spacial score (nSPS) is 18.1. The third-order valence-corrected chi connectivity index (χ3v) is 4.93. The molecule has 7 nitrogen and oxygen atoms in total. The van der Waals surface area contributed by atoms with Crippen molar-refractivity contribution in [2.75, 3.05) is 29.5 Å². The monoisotopic (exact) mass is 295 g/mol. The summed E-state index contributed by atoms with van der Waals surface area (Å²) in [6.45, 7) is 0.896. The molecule has 106 valence electrons. The Bertz CT molecular complexity index is 678. The van der Waals surface area contributed by atoms with Gasteiger partial charge in [0.1, 0.15) is 11.6 Å². The highest BCUT2D eigenvalue weighted by Gasteiger charge is 2.21. The van der Waals surface area contributed by atoms with Crippen molar-refractivity contribution in [3.05, 3.63) is 33.9 Å². The molecule has 1 aromatic rings. The highest BCUT2D eigenvalue weighted by molar-refractivity contribution is 7.91. The molecule has 2 rings (SSSR count). The van der Waals surface area contributed by atoms with E-state index < -0.39 is 14.8 Å². The molecule has 1 fully saturated rings. The number of anilines is 1. The van der Waals surface area contributed by atoms with Gasteiger partial charge in [0.05, 0.1) is 16.4 Å². The molecule has 0 aromatic heterocycles. The average molecular weight is 295 g/mol. The van der Waals surface area contributed by atoms with E-state index in [0.29, 0.717) is 25.2 Å². The van der Waals surface area contributed by atoms with Crippen molar-refractivity contribution in [3.63, 3.8) is 0 Å². The van der Waals surface area contributed by atoms with Gasteiger partial charge >= 0.3 is 0 Å². The van der Waals surface area contributed by atoms with Crippen LogP contribution in [0.2, 0.25) is 0 Å². The number of rotatable bonds is 2. The van der Waals surface area contributed by atoms with E-state index in [1.165, 1.54) is 12.1 Å². The van der Waals surface area contributed by atoms with Gasteiger partial charge in [-0.15, -0.1) is 0 Å². The van der Waals surface area contributed by atoms with Crippen LogP contribution in [0, 0.1) is 21.4 Å². The van der Waals surface area contributed by atoms with Crippen LogP contribution >= 0.6 is 0 Å². The maximum atomic E-state index is 11.5. The van der Waals surface area contributed by atoms with E-state index in [4.69, 9.17) is 5.26 Å². The largest absolute Gasteiger partial charge is 0.370 e. The van der Waals surface area contributed by atoms with Crippen molar-refractivity contribution in [1.29, 1.82) is 5.26 Å². The minimum Gasteiger partial charge on any atom is -0.370 e. The van der Waals surface area contributed by atoms with Crippen LogP contribution in [0.5, 0.6) is 0 Å². The molecule has 0 radical (unpaired) electrons. The van der Waals surface area contributed by atoms with Gasteiger partial charge in [0.25, 0.3) is 5.69 Å². The molecule has 20 heavy (non-hydrogen) atoms. The van der Waals surface area contributed by atoms with E-state index in [2.05, 4.69) is 0 Å². The summed E-state index contributed by atoms with van der Waals surface area (Å²) in [4.78, 5) is 12.0. The van der Waals surface area contributed by atoms with E-state index in [9.17, 15) is 18.5 Å². The molecule has 8 heteroatoms. The second-order valence-corrected chi connectivity index (χ2v) is 6.87. The lowest BCUT2D eigenvalue weighted by Gasteiger charge is -2.22. The molecular formula is C12H13N3O4S. The first-order valence-corrected chi connectivity index (χ1v) is 7.89. The molecular weight excluding hydrogens is 282 g/mol. The fourth-order valence-electron chi connectivity index (χ4n) is 2.17. The molecule has 0 amide bonds. The van der Waals surface area contributed by atoms with Gasteiger partial charge in [-0.1, -0.05) is 0 Å². The van der Waals surface area contributed by atoms with Crippen LogP contribution in [0.4, 0.5) is 11.4 Å². The van der Waals surface area contributed by atoms with Crippen LogP contribution in [0.15, 0.2) is 18.2 Å². The van der Waals surface area contributed by atoms with Crippen molar-refractivity contribution in [2.24, 2.45) is 0 Å². The molecule has 0 atom stereocenters. The second-order valence-electron chi connectivity index (χ2n) is 4.56. The molecule has 0 spiro atoms. The summed E-state index contributed by atoms with van der Waals surface area (Å²) in [6.07, 6.45) is 0.515. The zero-order valence-electron chi connectivity index (χ0n) is 10.7. The molecule has 0 unspecified atom stereocenters. The van der Waals surface area contributed by atoms with Gasteiger partial charge in [0, 0.05) is 24.8 Å². The van der Waals surface area contributed by atoms with Crippen LogP contribution < -0.4 is 4.90 Å². The van der Waals surface area contributed by atoms with E-state index in [1.54, 1.807) is 12.1 Å². The molecule has 1 saturated heterocycles. The minimum atomic E-state index is -3.01. The zero-order chi connectivity index (χ0) is 14.8. The maximum absolute atomic E-state index is 11.5. The van der Waals surface area contributed by atoms with Gasteiger partial charge in [-0.2, -0.15) is 5.26 Å². The Morgan fingerprint density at radius 1 is 1.30 bits per heavy atom. The number of nitrogens with zero attached hydrogens (tertiary/aromatic N) is 3. The van der Waals surface area contributed by atoms with Crippen LogP contribution in [0.1, 0.15) is 12.0 Å². The number of hydrogen-bond acceptors (Lipinski definition) is 6. The number of nitro benzene ring substituents is 1. The molecule has 0 aliphatic carbocycles. The van der Waals surface area contributed by atoms with E-state index >= 15 is 0 Å². The summed E-state index contributed by atoms with van der Waals surface area (Å²) in [7, 11) is -3.01. The quantitative estimate of drug-likeness (QED) is 0.597. The fourth-order valence-corrected chi connectivity index (χ4v) is 3.44. The van der Waals surface area contributed by atoms with E-state index in [1.807, 2.05) is 4.90 Å². The molecule has 1 aromatic carbocycles. The van der Waals surface area contributed by atoms with Gasteiger partial charge in [0.2, 0.25) is 0 Å². The second kappa shape index (κ2) is 5.46. The summed E-state index contributed by atoms with van der Waals surface area (Å²) in [6, 6.07) is 6.08. The smallest absolute Gasteiger partial charge is 0.287 e. The topological polar surface area (TPSA) is 104 Å². The van der Waals surface area contributed by atoms with Gasteiger partial charge in [-0.3, -0.25) is 10.1 Å². The molecule has 1 aliphatic rings. The number of benzene rings is 1.